The van der Waals surface area contributed by atoms with Gasteiger partial charge in [0, 0.05) is 22.4 Å². The summed E-state index contributed by atoms with van der Waals surface area (Å²) in [5.41, 5.74) is 3.90. The second-order valence-corrected chi connectivity index (χ2v) is 5.76. The standard InChI is InChI=1S/C11H13Br2N5/c1-18-11(15-6-16-18)5-10(17-14)7-2-8(12)4-9(13)3-7/h2-4,6,10,17H,5,14H2,1H3. The highest BCUT2D eigenvalue weighted by Gasteiger charge is 2.14. The number of nitrogens with zero attached hydrogens (tertiary/aromatic N) is 3. The second kappa shape index (κ2) is 5.92. The van der Waals surface area contributed by atoms with Gasteiger partial charge in [0.2, 0.25) is 0 Å². The Bertz CT molecular complexity index is 520. The average Bonchev–Trinajstić information content (AvgIpc) is 2.70. The molecule has 3 N–H and O–H groups in total. The molecule has 1 unspecified atom stereocenters. The van der Waals surface area contributed by atoms with Crippen molar-refractivity contribution in [1.82, 2.24) is 20.2 Å². The van der Waals surface area contributed by atoms with Gasteiger partial charge in [-0.15, -0.1) is 0 Å². The van der Waals surface area contributed by atoms with Crippen LogP contribution in [-0.2, 0) is 13.5 Å². The van der Waals surface area contributed by atoms with Gasteiger partial charge in [0.15, 0.2) is 0 Å². The van der Waals surface area contributed by atoms with Crippen molar-refractivity contribution in [3.63, 3.8) is 0 Å². The van der Waals surface area contributed by atoms with Crippen LogP contribution < -0.4 is 11.3 Å². The van der Waals surface area contributed by atoms with Crippen molar-refractivity contribution in [3.05, 3.63) is 44.9 Å². The number of rotatable bonds is 4. The Labute approximate surface area is 122 Å². The lowest BCUT2D eigenvalue weighted by Gasteiger charge is -2.16. The average molecular weight is 375 g/mol. The largest absolute Gasteiger partial charge is 0.271 e. The Morgan fingerprint density at radius 3 is 2.50 bits per heavy atom. The Hall–Kier alpha value is -0.760. The Balaban J connectivity index is 2.25. The van der Waals surface area contributed by atoms with E-state index in [-0.39, 0.29) is 6.04 Å². The van der Waals surface area contributed by atoms with Crippen LogP contribution in [0, 0.1) is 0 Å². The van der Waals surface area contributed by atoms with Crippen molar-refractivity contribution < 1.29 is 0 Å². The normalized spacial score (nSPS) is 12.7. The van der Waals surface area contributed by atoms with Crippen LogP contribution in [0.25, 0.3) is 0 Å². The number of hydrazine groups is 1. The number of nitrogens with one attached hydrogen (secondary N) is 1. The molecule has 2 rings (SSSR count). The lowest BCUT2D eigenvalue weighted by atomic mass is 10.0. The first-order valence-electron chi connectivity index (χ1n) is 5.35. The number of hydrogen-bond donors (Lipinski definition) is 2. The maximum atomic E-state index is 5.63. The summed E-state index contributed by atoms with van der Waals surface area (Å²) in [5, 5.41) is 4.05. The van der Waals surface area contributed by atoms with E-state index >= 15 is 0 Å². The van der Waals surface area contributed by atoms with Gasteiger partial charge < -0.3 is 0 Å². The minimum Gasteiger partial charge on any atom is -0.271 e. The molecule has 1 aromatic carbocycles. The molecule has 18 heavy (non-hydrogen) atoms. The van der Waals surface area contributed by atoms with Crippen LogP contribution in [0.4, 0.5) is 0 Å². The Morgan fingerprint density at radius 1 is 1.33 bits per heavy atom. The third-order valence-electron chi connectivity index (χ3n) is 2.68. The van der Waals surface area contributed by atoms with Crippen molar-refractivity contribution in [2.45, 2.75) is 12.5 Å². The topological polar surface area (TPSA) is 68.8 Å². The summed E-state index contributed by atoms with van der Waals surface area (Å²) in [5.74, 6) is 6.52. The predicted octanol–water partition coefficient (Wildman–Crippen LogP) is 2.09. The summed E-state index contributed by atoms with van der Waals surface area (Å²) in [4.78, 5) is 4.21. The molecule has 5 nitrogen and oxygen atoms in total. The number of aromatic nitrogens is 3. The number of hydrogen-bond acceptors (Lipinski definition) is 4. The number of nitrogens with two attached hydrogens (primary N) is 1. The van der Waals surface area contributed by atoms with Crippen LogP contribution in [0.5, 0.6) is 0 Å². The van der Waals surface area contributed by atoms with Gasteiger partial charge in [-0.2, -0.15) is 5.10 Å². The molecule has 0 bridgehead atoms. The zero-order valence-electron chi connectivity index (χ0n) is 9.77. The van der Waals surface area contributed by atoms with Crippen molar-refractivity contribution in [2.75, 3.05) is 0 Å². The molecule has 0 saturated carbocycles. The Kier molecular flexibility index (Phi) is 4.50. The van der Waals surface area contributed by atoms with Gasteiger partial charge in [-0.25, -0.2) is 4.98 Å². The van der Waals surface area contributed by atoms with E-state index in [0.717, 1.165) is 20.3 Å². The lowest BCUT2D eigenvalue weighted by molar-refractivity contribution is 0.523. The molecule has 7 heteroatoms. The van der Waals surface area contributed by atoms with Gasteiger partial charge in [-0.1, -0.05) is 31.9 Å². The van der Waals surface area contributed by atoms with E-state index in [1.54, 1.807) is 11.0 Å². The molecular formula is C11H13Br2N5. The van der Waals surface area contributed by atoms with Crippen molar-refractivity contribution in [3.8, 4) is 0 Å². The summed E-state index contributed by atoms with van der Waals surface area (Å²) in [6.45, 7) is 0. The fourth-order valence-corrected chi connectivity index (χ4v) is 3.07. The smallest absolute Gasteiger partial charge is 0.138 e. The molecule has 0 saturated heterocycles. The fourth-order valence-electron chi connectivity index (χ4n) is 1.74. The Morgan fingerprint density at radius 2 is 2.00 bits per heavy atom. The van der Waals surface area contributed by atoms with E-state index in [9.17, 15) is 0 Å². The molecule has 0 fully saturated rings. The lowest BCUT2D eigenvalue weighted by Crippen LogP contribution is -2.30. The summed E-state index contributed by atoms with van der Waals surface area (Å²) in [6, 6.07) is 6.04. The highest BCUT2D eigenvalue weighted by molar-refractivity contribution is 9.11. The van der Waals surface area contributed by atoms with Crippen LogP contribution in [0.2, 0.25) is 0 Å². The van der Waals surface area contributed by atoms with E-state index < -0.39 is 0 Å². The van der Waals surface area contributed by atoms with E-state index in [1.807, 2.05) is 25.2 Å². The first-order valence-corrected chi connectivity index (χ1v) is 6.93. The van der Waals surface area contributed by atoms with Gasteiger partial charge >= 0.3 is 0 Å². The van der Waals surface area contributed by atoms with Crippen molar-refractivity contribution in [2.24, 2.45) is 12.9 Å². The minimum atomic E-state index is -0.0123. The molecule has 1 atom stereocenters. The van der Waals surface area contributed by atoms with Crippen molar-refractivity contribution >= 4 is 31.9 Å². The molecule has 0 spiro atoms. The van der Waals surface area contributed by atoms with Crippen LogP contribution in [0.15, 0.2) is 33.5 Å². The first-order chi connectivity index (χ1) is 8.60. The van der Waals surface area contributed by atoms with E-state index in [2.05, 4.69) is 47.4 Å². The predicted molar refractivity (Wildman–Crippen MR) is 76.6 cm³/mol. The highest BCUT2D eigenvalue weighted by atomic mass is 79.9. The monoisotopic (exact) mass is 373 g/mol. The van der Waals surface area contributed by atoms with E-state index in [1.165, 1.54) is 0 Å². The third-order valence-corrected chi connectivity index (χ3v) is 3.60. The molecule has 0 radical (unpaired) electrons. The zero-order valence-corrected chi connectivity index (χ0v) is 12.9. The van der Waals surface area contributed by atoms with Crippen LogP contribution in [-0.4, -0.2) is 14.8 Å². The maximum absolute atomic E-state index is 5.63. The van der Waals surface area contributed by atoms with Gasteiger partial charge in [0.25, 0.3) is 0 Å². The summed E-state index contributed by atoms with van der Waals surface area (Å²) in [7, 11) is 1.87. The summed E-state index contributed by atoms with van der Waals surface area (Å²) in [6.07, 6.45) is 2.22. The van der Waals surface area contributed by atoms with Gasteiger partial charge in [0.1, 0.15) is 12.2 Å². The molecule has 1 heterocycles. The van der Waals surface area contributed by atoms with Gasteiger partial charge in [0.05, 0.1) is 6.04 Å². The van der Waals surface area contributed by atoms with Crippen LogP contribution >= 0.6 is 31.9 Å². The first kappa shape index (κ1) is 13.7. The molecular weight excluding hydrogens is 362 g/mol. The maximum Gasteiger partial charge on any atom is 0.138 e. The third kappa shape index (κ3) is 3.17. The molecule has 2 aromatic rings. The molecule has 0 amide bonds. The van der Waals surface area contributed by atoms with Gasteiger partial charge in [-0.05, 0) is 23.8 Å². The molecule has 1 aromatic heterocycles. The van der Waals surface area contributed by atoms with E-state index in [0.29, 0.717) is 6.42 Å². The molecule has 96 valence electrons. The number of aryl methyl sites for hydroxylation is 1. The minimum absolute atomic E-state index is 0.0123. The zero-order chi connectivity index (χ0) is 13.1. The number of benzene rings is 1. The fraction of sp³-hybridized carbons (Fsp3) is 0.273. The quantitative estimate of drug-likeness (QED) is 0.635. The second-order valence-electron chi connectivity index (χ2n) is 3.93. The molecule has 0 aliphatic heterocycles. The van der Waals surface area contributed by atoms with Crippen LogP contribution in [0.1, 0.15) is 17.4 Å². The van der Waals surface area contributed by atoms with Crippen molar-refractivity contribution in [1.29, 1.82) is 0 Å². The van der Waals surface area contributed by atoms with E-state index in [4.69, 9.17) is 5.84 Å². The number of halogens is 2. The summed E-state index contributed by atoms with van der Waals surface area (Å²) >= 11 is 6.94. The SMILES string of the molecule is Cn1ncnc1CC(NN)c1cc(Br)cc(Br)c1. The highest BCUT2D eigenvalue weighted by Crippen LogP contribution is 2.25. The van der Waals surface area contributed by atoms with Gasteiger partial charge in [-0.3, -0.25) is 16.0 Å². The summed E-state index contributed by atoms with van der Waals surface area (Å²) < 4.78 is 3.76. The molecule has 0 aliphatic carbocycles. The van der Waals surface area contributed by atoms with Crippen LogP contribution in [0.3, 0.4) is 0 Å². The molecule has 0 aliphatic rings.